The molecule has 7 heteroatoms. The lowest BCUT2D eigenvalue weighted by molar-refractivity contribution is -0.122. The quantitative estimate of drug-likeness (QED) is 0.691. The van der Waals surface area contributed by atoms with Gasteiger partial charge in [-0.1, -0.05) is 31.4 Å². The minimum Gasteiger partial charge on any atom is -0.378 e. The van der Waals surface area contributed by atoms with E-state index in [1.165, 1.54) is 6.42 Å². The van der Waals surface area contributed by atoms with E-state index in [4.69, 9.17) is 4.74 Å². The van der Waals surface area contributed by atoms with E-state index in [2.05, 4.69) is 16.0 Å². The molecule has 0 radical (unpaired) electrons. The van der Waals surface area contributed by atoms with Crippen molar-refractivity contribution < 1.29 is 14.3 Å². The Hall–Kier alpha value is -1.63. The number of benzene rings is 1. The zero-order valence-corrected chi connectivity index (χ0v) is 16.5. The molecule has 2 amide bonds. The predicted octanol–water partition coefficient (Wildman–Crippen LogP) is 2.62. The highest BCUT2D eigenvalue weighted by Gasteiger charge is 2.21. The fourth-order valence-electron chi connectivity index (χ4n) is 3.62. The summed E-state index contributed by atoms with van der Waals surface area (Å²) in [6.45, 7) is 2.54. The van der Waals surface area contributed by atoms with E-state index < -0.39 is 0 Å². The van der Waals surface area contributed by atoms with Crippen LogP contribution in [0.15, 0.2) is 24.3 Å². The van der Waals surface area contributed by atoms with E-state index in [1.54, 1.807) is 0 Å². The maximum Gasteiger partial charge on any atom is 0.227 e. The zero-order valence-electron chi connectivity index (χ0n) is 15.7. The van der Waals surface area contributed by atoms with Crippen LogP contribution in [-0.4, -0.2) is 37.6 Å². The van der Waals surface area contributed by atoms with Gasteiger partial charge in [-0.25, -0.2) is 0 Å². The molecule has 1 heterocycles. The normalized spacial score (nSPS) is 20.4. The number of hydrogen-bond donors (Lipinski definition) is 3. The molecule has 1 unspecified atom stereocenters. The summed E-state index contributed by atoms with van der Waals surface area (Å²) in [7, 11) is 0. The van der Waals surface area contributed by atoms with Gasteiger partial charge in [0.1, 0.15) is 0 Å². The van der Waals surface area contributed by atoms with Crippen molar-refractivity contribution in [1.82, 2.24) is 10.6 Å². The monoisotopic (exact) mass is 395 g/mol. The highest BCUT2D eigenvalue weighted by Crippen LogP contribution is 2.25. The molecular weight excluding hydrogens is 366 g/mol. The van der Waals surface area contributed by atoms with Gasteiger partial charge in [-0.15, -0.1) is 12.4 Å². The Morgan fingerprint density at radius 1 is 1.19 bits per heavy atom. The molecule has 6 nitrogen and oxygen atoms in total. The third-order valence-electron chi connectivity index (χ3n) is 5.09. The lowest BCUT2D eigenvalue weighted by atomic mass is 9.88. The average Bonchev–Trinajstić information content (AvgIpc) is 2.68. The summed E-state index contributed by atoms with van der Waals surface area (Å²) in [6.07, 6.45) is 5.91. The number of nitrogens with one attached hydrogen (secondary N) is 3. The first-order valence-electron chi connectivity index (χ1n) is 9.68. The van der Waals surface area contributed by atoms with Crippen molar-refractivity contribution in [2.45, 2.75) is 51.1 Å². The van der Waals surface area contributed by atoms with E-state index in [1.807, 2.05) is 24.3 Å². The maximum absolute atomic E-state index is 12.4. The summed E-state index contributed by atoms with van der Waals surface area (Å²) >= 11 is 0. The second kappa shape index (κ2) is 11.3. The Balaban J connectivity index is 0.00000261. The molecule has 1 aromatic rings. The number of carbonyl (C=O) groups excluding carboxylic acids is 2. The topological polar surface area (TPSA) is 79.5 Å². The number of hydrogen-bond acceptors (Lipinski definition) is 4. The van der Waals surface area contributed by atoms with Crippen molar-refractivity contribution in [3.63, 3.8) is 0 Å². The van der Waals surface area contributed by atoms with Crippen LogP contribution in [0.3, 0.4) is 0 Å². The van der Waals surface area contributed by atoms with E-state index >= 15 is 0 Å². The largest absolute Gasteiger partial charge is 0.378 e. The van der Waals surface area contributed by atoms with Crippen LogP contribution in [0.1, 0.15) is 44.1 Å². The van der Waals surface area contributed by atoms with Crippen LogP contribution >= 0.6 is 12.4 Å². The smallest absolute Gasteiger partial charge is 0.227 e. The lowest BCUT2D eigenvalue weighted by Gasteiger charge is -2.23. The first kappa shape index (κ1) is 21.7. The summed E-state index contributed by atoms with van der Waals surface area (Å²) in [5, 5.41) is 9.25. The molecule has 1 aliphatic heterocycles. The fourth-order valence-corrected chi connectivity index (χ4v) is 3.62. The van der Waals surface area contributed by atoms with Gasteiger partial charge in [0.25, 0.3) is 0 Å². The molecule has 150 valence electrons. The molecule has 0 bridgehead atoms. The molecule has 1 atom stereocenters. The maximum atomic E-state index is 12.4. The minimum atomic E-state index is 0. The number of anilines is 1. The van der Waals surface area contributed by atoms with Crippen LogP contribution in [0.4, 0.5) is 5.69 Å². The molecule has 3 rings (SSSR count). The van der Waals surface area contributed by atoms with E-state index in [9.17, 15) is 9.59 Å². The molecule has 0 spiro atoms. The molecule has 3 N–H and O–H groups in total. The van der Waals surface area contributed by atoms with Gasteiger partial charge in [0, 0.05) is 37.2 Å². The predicted molar refractivity (Wildman–Crippen MR) is 108 cm³/mol. The number of halogens is 1. The third kappa shape index (κ3) is 7.13. The van der Waals surface area contributed by atoms with Crippen molar-refractivity contribution in [3.8, 4) is 0 Å². The second-order valence-electron chi connectivity index (χ2n) is 7.23. The van der Waals surface area contributed by atoms with E-state index in [-0.39, 0.29) is 36.2 Å². The van der Waals surface area contributed by atoms with Crippen LogP contribution in [0.2, 0.25) is 0 Å². The molecule has 1 saturated carbocycles. The van der Waals surface area contributed by atoms with Crippen molar-refractivity contribution in [1.29, 1.82) is 0 Å². The van der Waals surface area contributed by atoms with Crippen LogP contribution < -0.4 is 16.0 Å². The van der Waals surface area contributed by atoms with E-state index in [0.717, 1.165) is 43.5 Å². The van der Waals surface area contributed by atoms with Gasteiger partial charge < -0.3 is 20.7 Å². The number of rotatable bonds is 6. The molecule has 2 aliphatic rings. The van der Waals surface area contributed by atoms with Crippen LogP contribution in [0.5, 0.6) is 0 Å². The standard InChI is InChI=1S/C20H29N3O3.ClH/c24-19(12-18-14-26-10-9-21-18)22-13-15-5-4-8-17(11-15)23-20(25)16-6-2-1-3-7-16;/h4-5,8,11,16,18,21H,1-3,6-7,9-10,12-14H2,(H,22,24)(H,23,25);1H. The zero-order chi connectivity index (χ0) is 18.2. The van der Waals surface area contributed by atoms with Crippen LogP contribution in [0.25, 0.3) is 0 Å². The van der Waals surface area contributed by atoms with Gasteiger partial charge in [0.15, 0.2) is 0 Å². The molecule has 1 saturated heterocycles. The number of carbonyl (C=O) groups is 2. The Morgan fingerprint density at radius 2 is 2.00 bits per heavy atom. The first-order chi connectivity index (χ1) is 12.7. The fraction of sp³-hybridized carbons (Fsp3) is 0.600. The number of ether oxygens (including phenoxy) is 1. The Bertz CT molecular complexity index is 614. The van der Waals surface area contributed by atoms with Gasteiger partial charge >= 0.3 is 0 Å². The van der Waals surface area contributed by atoms with Gasteiger partial charge in [-0.3, -0.25) is 9.59 Å². The van der Waals surface area contributed by atoms with Crippen molar-refractivity contribution in [2.75, 3.05) is 25.1 Å². The van der Waals surface area contributed by atoms with Gasteiger partial charge in [-0.05, 0) is 30.5 Å². The number of amides is 2. The Morgan fingerprint density at radius 3 is 2.74 bits per heavy atom. The van der Waals surface area contributed by atoms with Crippen LogP contribution in [-0.2, 0) is 20.9 Å². The summed E-state index contributed by atoms with van der Waals surface area (Å²) in [6, 6.07) is 7.79. The molecule has 1 aliphatic carbocycles. The van der Waals surface area contributed by atoms with Crippen molar-refractivity contribution in [3.05, 3.63) is 29.8 Å². The average molecular weight is 396 g/mol. The lowest BCUT2D eigenvalue weighted by Crippen LogP contribution is -2.44. The summed E-state index contributed by atoms with van der Waals surface area (Å²) < 4.78 is 5.37. The van der Waals surface area contributed by atoms with Gasteiger partial charge in [0.2, 0.25) is 11.8 Å². The summed E-state index contributed by atoms with van der Waals surface area (Å²) in [5.41, 5.74) is 1.78. The SMILES string of the molecule is Cl.O=C(CC1COCCN1)NCc1cccc(NC(=O)C2CCCCC2)c1. The third-order valence-corrected chi connectivity index (χ3v) is 5.09. The second-order valence-corrected chi connectivity index (χ2v) is 7.23. The molecular formula is C20H30ClN3O3. The van der Waals surface area contributed by atoms with Crippen LogP contribution in [0, 0.1) is 5.92 Å². The van der Waals surface area contributed by atoms with Crippen molar-refractivity contribution in [2.24, 2.45) is 5.92 Å². The molecule has 1 aromatic carbocycles. The van der Waals surface area contributed by atoms with Gasteiger partial charge in [-0.2, -0.15) is 0 Å². The molecule has 0 aromatic heterocycles. The number of morpholine rings is 1. The minimum absolute atomic E-state index is 0. The first-order valence-corrected chi connectivity index (χ1v) is 9.68. The van der Waals surface area contributed by atoms with Gasteiger partial charge in [0.05, 0.1) is 13.2 Å². The summed E-state index contributed by atoms with van der Waals surface area (Å²) in [5.74, 6) is 0.260. The van der Waals surface area contributed by atoms with Crippen molar-refractivity contribution >= 4 is 29.9 Å². The highest BCUT2D eigenvalue weighted by molar-refractivity contribution is 5.92. The molecule has 2 fully saturated rings. The highest BCUT2D eigenvalue weighted by atomic mass is 35.5. The summed E-state index contributed by atoms with van der Waals surface area (Å²) in [4.78, 5) is 24.4. The molecule has 27 heavy (non-hydrogen) atoms. The Labute approximate surface area is 167 Å². The van der Waals surface area contributed by atoms with E-state index in [0.29, 0.717) is 26.2 Å². The Kier molecular flexibility index (Phi) is 9.04.